The fourth-order valence-corrected chi connectivity index (χ4v) is 1.65. The van der Waals surface area contributed by atoms with E-state index in [2.05, 4.69) is 10.9 Å². The summed E-state index contributed by atoms with van der Waals surface area (Å²) >= 11 is 0. The van der Waals surface area contributed by atoms with Crippen molar-refractivity contribution in [2.24, 2.45) is 0 Å². The third kappa shape index (κ3) is 6.44. The molecular formula is C12H22N2O4. The summed E-state index contributed by atoms with van der Waals surface area (Å²) in [5, 5.41) is 0. The van der Waals surface area contributed by atoms with Crippen molar-refractivity contribution in [3.8, 4) is 0 Å². The SMILES string of the molecule is CC(C)(C)OC(=O)NNC(=O)C[C@@H]1CCCCO1. The highest BCUT2D eigenvalue weighted by molar-refractivity contribution is 5.79. The van der Waals surface area contributed by atoms with Gasteiger partial charge in [0.1, 0.15) is 5.60 Å². The Kier molecular flexibility index (Phi) is 5.40. The fourth-order valence-electron chi connectivity index (χ4n) is 1.65. The molecule has 0 saturated carbocycles. The molecule has 6 nitrogen and oxygen atoms in total. The van der Waals surface area contributed by atoms with Gasteiger partial charge in [0.25, 0.3) is 0 Å². The van der Waals surface area contributed by atoms with Gasteiger partial charge in [-0.05, 0) is 40.0 Å². The number of rotatable bonds is 2. The Morgan fingerprint density at radius 1 is 1.28 bits per heavy atom. The van der Waals surface area contributed by atoms with Crippen LogP contribution in [0.15, 0.2) is 0 Å². The van der Waals surface area contributed by atoms with Gasteiger partial charge in [0, 0.05) is 6.61 Å². The number of hydrogen-bond donors (Lipinski definition) is 2. The molecule has 1 saturated heterocycles. The van der Waals surface area contributed by atoms with Crippen LogP contribution in [0.3, 0.4) is 0 Å². The number of hydrogen-bond acceptors (Lipinski definition) is 4. The molecule has 1 atom stereocenters. The lowest BCUT2D eigenvalue weighted by atomic mass is 10.1. The third-order valence-corrected chi connectivity index (χ3v) is 2.39. The first-order valence-corrected chi connectivity index (χ1v) is 6.26. The van der Waals surface area contributed by atoms with Gasteiger partial charge in [-0.25, -0.2) is 10.2 Å². The molecule has 2 N–H and O–H groups in total. The molecule has 1 fully saturated rings. The quantitative estimate of drug-likeness (QED) is 0.736. The van der Waals surface area contributed by atoms with Gasteiger partial charge in [-0.3, -0.25) is 10.2 Å². The summed E-state index contributed by atoms with van der Waals surface area (Å²) in [6.45, 7) is 5.97. The second-order valence-electron chi connectivity index (χ2n) is 5.37. The average molecular weight is 258 g/mol. The molecule has 18 heavy (non-hydrogen) atoms. The van der Waals surface area contributed by atoms with Gasteiger partial charge in [0.05, 0.1) is 12.5 Å². The number of carbonyl (C=O) groups is 2. The molecule has 2 amide bonds. The van der Waals surface area contributed by atoms with E-state index in [0.717, 1.165) is 19.3 Å². The minimum atomic E-state index is -0.666. The summed E-state index contributed by atoms with van der Waals surface area (Å²) in [5.74, 6) is -0.271. The van der Waals surface area contributed by atoms with Gasteiger partial charge >= 0.3 is 6.09 Å². The van der Waals surface area contributed by atoms with E-state index in [4.69, 9.17) is 9.47 Å². The van der Waals surface area contributed by atoms with Gasteiger partial charge in [0.15, 0.2) is 0 Å². The van der Waals surface area contributed by atoms with Crippen LogP contribution in [0.25, 0.3) is 0 Å². The average Bonchev–Trinajstić information content (AvgIpc) is 2.25. The van der Waals surface area contributed by atoms with Gasteiger partial charge < -0.3 is 9.47 Å². The van der Waals surface area contributed by atoms with E-state index in [1.54, 1.807) is 20.8 Å². The maximum Gasteiger partial charge on any atom is 0.426 e. The molecule has 0 aliphatic carbocycles. The standard InChI is InChI=1S/C12H22N2O4/c1-12(2,3)18-11(16)14-13-10(15)8-9-6-4-5-7-17-9/h9H,4-8H2,1-3H3,(H,13,15)(H,14,16)/t9-/m0/s1. The third-order valence-electron chi connectivity index (χ3n) is 2.39. The van der Waals surface area contributed by atoms with E-state index in [1.165, 1.54) is 0 Å². The van der Waals surface area contributed by atoms with E-state index in [-0.39, 0.29) is 18.4 Å². The van der Waals surface area contributed by atoms with Crippen molar-refractivity contribution >= 4 is 12.0 Å². The summed E-state index contributed by atoms with van der Waals surface area (Å²) in [6.07, 6.45) is 2.57. The van der Waals surface area contributed by atoms with E-state index in [9.17, 15) is 9.59 Å². The molecule has 1 aliphatic rings. The largest absolute Gasteiger partial charge is 0.443 e. The van der Waals surface area contributed by atoms with E-state index >= 15 is 0 Å². The van der Waals surface area contributed by atoms with Crippen LogP contribution in [0.2, 0.25) is 0 Å². The minimum Gasteiger partial charge on any atom is -0.443 e. The minimum absolute atomic E-state index is 0.0424. The van der Waals surface area contributed by atoms with Crippen molar-refractivity contribution < 1.29 is 19.1 Å². The maximum atomic E-state index is 11.5. The first kappa shape index (κ1) is 14.8. The van der Waals surface area contributed by atoms with E-state index in [0.29, 0.717) is 6.61 Å². The van der Waals surface area contributed by atoms with Crippen LogP contribution in [0.4, 0.5) is 4.79 Å². The Bertz CT molecular complexity index is 293. The molecule has 0 aromatic rings. The Labute approximate surface area is 107 Å². The summed E-state index contributed by atoms with van der Waals surface area (Å²) in [7, 11) is 0. The Hall–Kier alpha value is -1.30. The number of amides is 2. The number of hydrazine groups is 1. The maximum absolute atomic E-state index is 11.5. The van der Waals surface area contributed by atoms with E-state index in [1.807, 2.05) is 0 Å². The lowest BCUT2D eigenvalue weighted by molar-refractivity contribution is -0.125. The zero-order chi connectivity index (χ0) is 13.6. The zero-order valence-electron chi connectivity index (χ0n) is 11.2. The second-order valence-corrected chi connectivity index (χ2v) is 5.37. The topological polar surface area (TPSA) is 76.7 Å². The first-order valence-electron chi connectivity index (χ1n) is 6.26. The summed E-state index contributed by atoms with van der Waals surface area (Å²) in [4.78, 5) is 22.8. The van der Waals surface area contributed by atoms with Crippen molar-refractivity contribution in [2.45, 2.75) is 58.2 Å². The highest BCUT2D eigenvalue weighted by atomic mass is 16.6. The molecule has 104 valence electrons. The van der Waals surface area contributed by atoms with E-state index < -0.39 is 11.7 Å². The molecule has 0 radical (unpaired) electrons. The summed E-state index contributed by atoms with van der Waals surface area (Å²) in [5.41, 5.74) is 3.94. The van der Waals surface area contributed by atoms with Crippen LogP contribution < -0.4 is 10.9 Å². The number of ether oxygens (including phenoxy) is 2. The lowest BCUT2D eigenvalue weighted by Gasteiger charge is -2.22. The molecule has 1 rings (SSSR count). The molecular weight excluding hydrogens is 236 g/mol. The van der Waals surface area contributed by atoms with Crippen molar-refractivity contribution in [1.82, 2.24) is 10.9 Å². The molecule has 0 aromatic carbocycles. The smallest absolute Gasteiger partial charge is 0.426 e. The predicted octanol–water partition coefficient (Wildman–Crippen LogP) is 1.50. The van der Waals surface area contributed by atoms with Gasteiger partial charge in [-0.15, -0.1) is 0 Å². The molecule has 6 heteroatoms. The zero-order valence-corrected chi connectivity index (χ0v) is 11.2. The van der Waals surface area contributed by atoms with Crippen molar-refractivity contribution in [3.63, 3.8) is 0 Å². The number of carbonyl (C=O) groups excluding carboxylic acids is 2. The Balaban J connectivity index is 2.18. The molecule has 1 aliphatic heterocycles. The highest BCUT2D eigenvalue weighted by Gasteiger charge is 2.19. The van der Waals surface area contributed by atoms with Crippen LogP contribution in [-0.2, 0) is 14.3 Å². The normalized spacial score (nSPS) is 20.1. The van der Waals surface area contributed by atoms with Crippen LogP contribution in [-0.4, -0.2) is 30.3 Å². The molecule has 0 bridgehead atoms. The van der Waals surface area contributed by atoms with Crippen molar-refractivity contribution in [2.75, 3.05) is 6.61 Å². The summed E-state index contributed by atoms with van der Waals surface area (Å²) in [6, 6.07) is 0. The Morgan fingerprint density at radius 2 is 2.00 bits per heavy atom. The first-order chi connectivity index (χ1) is 8.37. The molecule has 0 aromatic heterocycles. The number of nitrogens with one attached hydrogen (secondary N) is 2. The lowest BCUT2D eigenvalue weighted by Crippen LogP contribution is -2.45. The predicted molar refractivity (Wildman–Crippen MR) is 65.7 cm³/mol. The van der Waals surface area contributed by atoms with Crippen LogP contribution in [0.1, 0.15) is 46.5 Å². The highest BCUT2D eigenvalue weighted by Crippen LogP contribution is 2.15. The van der Waals surface area contributed by atoms with Gasteiger partial charge in [-0.2, -0.15) is 0 Å². The monoisotopic (exact) mass is 258 g/mol. The summed E-state index contributed by atoms with van der Waals surface area (Å²) < 4.78 is 10.4. The van der Waals surface area contributed by atoms with Gasteiger partial charge in [-0.1, -0.05) is 0 Å². The fraction of sp³-hybridized carbons (Fsp3) is 0.833. The van der Waals surface area contributed by atoms with Crippen LogP contribution in [0.5, 0.6) is 0 Å². The van der Waals surface area contributed by atoms with Crippen molar-refractivity contribution in [1.29, 1.82) is 0 Å². The van der Waals surface area contributed by atoms with Crippen molar-refractivity contribution in [3.05, 3.63) is 0 Å². The molecule has 0 unspecified atom stereocenters. The van der Waals surface area contributed by atoms with Crippen LogP contribution >= 0.6 is 0 Å². The second kappa shape index (κ2) is 6.58. The van der Waals surface area contributed by atoms with Gasteiger partial charge in [0.2, 0.25) is 5.91 Å². The molecule has 1 heterocycles. The van der Waals surface area contributed by atoms with Crippen LogP contribution in [0, 0.1) is 0 Å². The molecule has 0 spiro atoms. The Morgan fingerprint density at radius 3 is 2.56 bits per heavy atom.